The van der Waals surface area contributed by atoms with Gasteiger partial charge in [0.1, 0.15) is 5.65 Å². The molecule has 0 saturated carbocycles. The maximum atomic E-state index is 10.7. The molecule has 0 aromatic carbocycles. The van der Waals surface area contributed by atoms with Gasteiger partial charge in [-0.3, -0.25) is 9.67 Å². The maximum Gasteiger partial charge on any atom is 0.328 e. The SMILES string of the molecule is Cc1[nH]nc(-n2ccc3cccnc32)c1/C=C/C(=O)O. The molecule has 3 rings (SSSR count). The molecule has 0 spiro atoms. The van der Waals surface area contributed by atoms with Crippen LogP contribution in [0.4, 0.5) is 0 Å². The van der Waals surface area contributed by atoms with Crippen LogP contribution in [0.25, 0.3) is 22.9 Å². The van der Waals surface area contributed by atoms with Gasteiger partial charge in [0.15, 0.2) is 5.82 Å². The van der Waals surface area contributed by atoms with Gasteiger partial charge in [0.05, 0.1) is 0 Å². The summed E-state index contributed by atoms with van der Waals surface area (Å²) in [5, 5.41) is 16.9. The number of aliphatic carboxylic acids is 1. The second-order valence-corrected chi connectivity index (χ2v) is 4.36. The van der Waals surface area contributed by atoms with E-state index in [0.29, 0.717) is 5.82 Å². The number of carboxylic acids is 1. The summed E-state index contributed by atoms with van der Waals surface area (Å²) in [7, 11) is 0. The number of rotatable bonds is 3. The molecule has 0 aliphatic rings. The molecule has 3 aromatic rings. The number of aromatic nitrogens is 4. The van der Waals surface area contributed by atoms with Crippen LogP contribution in [0.3, 0.4) is 0 Å². The van der Waals surface area contributed by atoms with Crippen LogP contribution in [0, 0.1) is 6.92 Å². The Bertz CT molecular complexity index is 814. The highest BCUT2D eigenvalue weighted by atomic mass is 16.4. The van der Waals surface area contributed by atoms with Crippen molar-refractivity contribution in [3.8, 4) is 5.82 Å². The van der Waals surface area contributed by atoms with Gasteiger partial charge in [-0.05, 0) is 31.2 Å². The van der Waals surface area contributed by atoms with Gasteiger partial charge in [-0.15, -0.1) is 0 Å². The third-order valence-corrected chi connectivity index (χ3v) is 3.04. The molecule has 100 valence electrons. The molecule has 0 bridgehead atoms. The summed E-state index contributed by atoms with van der Waals surface area (Å²) in [6.45, 7) is 1.84. The number of carboxylic acid groups (broad SMARTS) is 1. The van der Waals surface area contributed by atoms with Gasteiger partial charge < -0.3 is 5.11 Å². The number of pyridine rings is 1. The Morgan fingerprint density at radius 1 is 1.45 bits per heavy atom. The number of fused-ring (bicyclic) bond motifs is 1. The van der Waals surface area contributed by atoms with Crippen LogP contribution < -0.4 is 0 Å². The molecule has 3 aromatic heterocycles. The Kier molecular flexibility index (Phi) is 2.83. The number of nitrogens with zero attached hydrogens (tertiary/aromatic N) is 3. The molecule has 0 amide bonds. The molecule has 20 heavy (non-hydrogen) atoms. The number of hydrogen-bond acceptors (Lipinski definition) is 3. The molecule has 0 radical (unpaired) electrons. The largest absolute Gasteiger partial charge is 0.478 e. The highest BCUT2D eigenvalue weighted by Gasteiger charge is 2.12. The van der Waals surface area contributed by atoms with Crippen molar-refractivity contribution in [3.05, 3.63) is 47.9 Å². The standard InChI is InChI=1S/C14H12N4O2/c1-9-11(4-5-12(19)20)14(17-16-9)18-8-6-10-3-2-7-15-13(10)18/h2-8H,1H3,(H,16,17)(H,19,20)/b5-4+. The van der Waals surface area contributed by atoms with Crippen LogP contribution in [-0.4, -0.2) is 30.8 Å². The zero-order valence-electron chi connectivity index (χ0n) is 10.7. The van der Waals surface area contributed by atoms with E-state index in [9.17, 15) is 4.79 Å². The van der Waals surface area contributed by atoms with Gasteiger partial charge in [0, 0.05) is 35.1 Å². The second kappa shape index (κ2) is 4.65. The topological polar surface area (TPSA) is 83.8 Å². The van der Waals surface area contributed by atoms with Crippen molar-refractivity contribution in [3.63, 3.8) is 0 Å². The Morgan fingerprint density at radius 2 is 2.30 bits per heavy atom. The lowest BCUT2D eigenvalue weighted by Gasteiger charge is -2.02. The van der Waals surface area contributed by atoms with Crippen LogP contribution >= 0.6 is 0 Å². The van der Waals surface area contributed by atoms with Crippen LogP contribution in [0.15, 0.2) is 36.7 Å². The highest BCUT2D eigenvalue weighted by Crippen LogP contribution is 2.22. The number of nitrogens with one attached hydrogen (secondary N) is 1. The normalized spacial score (nSPS) is 11.4. The van der Waals surface area contributed by atoms with Crippen molar-refractivity contribution in [1.82, 2.24) is 19.7 Å². The van der Waals surface area contributed by atoms with Crippen molar-refractivity contribution in [2.75, 3.05) is 0 Å². The third kappa shape index (κ3) is 1.97. The first-order chi connectivity index (χ1) is 9.66. The average molecular weight is 268 g/mol. The van der Waals surface area contributed by atoms with Crippen LogP contribution in [-0.2, 0) is 4.79 Å². The monoisotopic (exact) mass is 268 g/mol. The quantitative estimate of drug-likeness (QED) is 0.713. The summed E-state index contributed by atoms with van der Waals surface area (Å²) in [4.78, 5) is 15.0. The van der Waals surface area contributed by atoms with Crippen molar-refractivity contribution in [2.45, 2.75) is 6.92 Å². The zero-order chi connectivity index (χ0) is 14.1. The second-order valence-electron chi connectivity index (χ2n) is 4.36. The number of carbonyl (C=O) groups is 1. The summed E-state index contributed by atoms with van der Waals surface area (Å²) in [5.41, 5.74) is 2.31. The predicted octanol–water partition coefficient (Wildman–Crippen LogP) is 2.15. The molecule has 6 heteroatoms. The van der Waals surface area contributed by atoms with E-state index in [1.807, 2.05) is 35.9 Å². The maximum absolute atomic E-state index is 10.7. The summed E-state index contributed by atoms with van der Waals surface area (Å²) < 4.78 is 1.83. The number of H-pyrrole nitrogens is 1. The van der Waals surface area contributed by atoms with E-state index in [1.54, 1.807) is 6.20 Å². The van der Waals surface area contributed by atoms with Gasteiger partial charge in [0.25, 0.3) is 0 Å². The molecule has 2 N–H and O–H groups in total. The summed E-state index contributed by atoms with van der Waals surface area (Å²) in [6, 6.07) is 5.77. The first-order valence-corrected chi connectivity index (χ1v) is 6.05. The zero-order valence-corrected chi connectivity index (χ0v) is 10.7. The van der Waals surface area contributed by atoms with Gasteiger partial charge in [-0.1, -0.05) is 0 Å². The Hall–Kier alpha value is -2.89. The lowest BCUT2D eigenvalue weighted by atomic mass is 10.2. The molecular weight excluding hydrogens is 256 g/mol. The van der Waals surface area contributed by atoms with Crippen molar-refractivity contribution in [2.24, 2.45) is 0 Å². The Balaban J connectivity index is 2.18. The van der Waals surface area contributed by atoms with E-state index < -0.39 is 5.97 Å². The van der Waals surface area contributed by atoms with Crippen LogP contribution in [0.1, 0.15) is 11.3 Å². The molecular formula is C14H12N4O2. The molecule has 0 fully saturated rings. The number of aryl methyl sites for hydroxylation is 1. The van der Waals surface area contributed by atoms with E-state index in [0.717, 1.165) is 28.4 Å². The molecule has 0 saturated heterocycles. The highest BCUT2D eigenvalue weighted by molar-refractivity contribution is 5.87. The Morgan fingerprint density at radius 3 is 3.10 bits per heavy atom. The van der Waals surface area contributed by atoms with E-state index in [2.05, 4.69) is 15.2 Å². The summed E-state index contributed by atoms with van der Waals surface area (Å²) in [5.74, 6) is -0.360. The number of aromatic amines is 1. The van der Waals surface area contributed by atoms with Gasteiger partial charge in [0.2, 0.25) is 0 Å². The van der Waals surface area contributed by atoms with Gasteiger partial charge in [-0.2, -0.15) is 5.10 Å². The van der Waals surface area contributed by atoms with E-state index in [1.165, 1.54) is 6.08 Å². The van der Waals surface area contributed by atoms with E-state index in [-0.39, 0.29) is 0 Å². The van der Waals surface area contributed by atoms with Crippen molar-refractivity contribution in [1.29, 1.82) is 0 Å². The third-order valence-electron chi connectivity index (χ3n) is 3.04. The molecule has 6 nitrogen and oxygen atoms in total. The average Bonchev–Trinajstić information content (AvgIpc) is 3.00. The minimum atomic E-state index is -0.993. The van der Waals surface area contributed by atoms with Gasteiger partial charge >= 0.3 is 5.97 Å². The number of hydrogen-bond donors (Lipinski definition) is 2. The fourth-order valence-electron chi connectivity index (χ4n) is 2.10. The Labute approximate surface area is 114 Å². The van der Waals surface area contributed by atoms with E-state index in [4.69, 9.17) is 5.11 Å². The summed E-state index contributed by atoms with van der Waals surface area (Å²) >= 11 is 0. The molecule has 0 aliphatic heterocycles. The molecule has 3 heterocycles. The van der Waals surface area contributed by atoms with Crippen molar-refractivity contribution >= 4 is 23.1 Å². The lowest BCUT2D eigenvalue weighted by molar-refractivity contribution is -0.131. The fourth-order valence-corrected chi connectivity index (χ4v) is 2.10. The molecule has 0 unspecified atom stereocenters. The van der Waals surface area contributed by atoms with Crippen molar-refractivity contribution < 1.29 is 9.90 Å². The smallest absolute Gasteiger partial charge is 0.328 e. The fraction of sp³-hybridized carbons (Fsp3) is 0.0714. The minimum absolute atomic E-state index is 0.633. The van der Waals surface area contributed by atoms with Crippen LogP contribution in [0.2, 0.25) is 0 Å². The van der Waals surface area contributed by atoms with E-state index >= 15 is 0 Å². The molecule has 0 aliphatic carbocycles. The lowest BCUT2D eigenvalue weighted by Crippen LogP contribution is -1.97. The first-order valence-electron chi connectivity index (χ1n) is 6.05. The first kappa shape index (κ1) is 12.2. The minimum Gasteiger partial charge on any atom is -0.478 e. The summed E-state index contributed by atoms with van der Waals surface area (Å²) in [6.07, 6.45) is 6.21. The predicted molar refractivity (Wildman–Crippen MR) is 74.6 cm³/mol. The van der Waals surface area contributed by atoms with Crippen LogP contribution in [0.5, 0.6) is 0 Å². The molecule has 0 atom stereocenters. The van der Waals surface area contributed by atoms with Gasteiger partial charge in [-0.25, -0.2) is 9.78 Å².